The van der Waals surface area contributed by atoms with E-state index < -0.39 is 29.7 Å². The molecular formula is C24H38N4O5SSi. The van der Waals surface area contributed by atoms with Crippen LogP contribution in [0.15, 0.2) is 47.6 Å². The van der Waals surface area contributed by atoms with Gasteiger partial charge in [0, 0.05) is 0 Å². The first-order chi connectivity index (χ1) is 16.5. The van der Waals surface area contributed by atoms with Crippen LogP contribution in [0.1, 0.15) is 48.0 Å². The highest BCUT2D eigenvalue weighted by atomic mass is 32.2. The molecule has 0 N–H and O–H groups in total. The van der Waals surface area contributed by atoms with Crippen LogP contribution in [0.4, 0.5) is 0 Å². The lowest BCUT2D eigenvalue weighted by atomic mass is 9.97. The number of rotatable bonds is 13. The van der Waals surface area contributed by atoms with E-state index in [0.29, 0.717) is 5.69 Å². The predicted octanol–water partition coefficient (Wildman–Crippen LogP) is 4.36. The first kappa shape index (κ1) is 28.9. The van der Waals surface area contributed by atoms with Crippen molar-refractivity contribution >= 4 is 24.1 Å². The maximum Gasteiger partial charge on any atom is 0.311 e. The third-order valence-electron chi connectivity index (χ3n) is 5.95. The van der Waals surface area contributed by atoms with Crippen molar-refractivity contribution in [1.82, 2.24) is 20.2 Å². The number of ether oxygens (including phenoxy) is 1. The van der Waals surface area contributed by atoms with Gasteiger partial charge in [0.05, 0.1) is 23.0 Å². The minimum Gasteiger partial charge on any atom is -0.462 e. The Balaban J connectivity index is 2.12. The molecule has 0 aliphatic heterocycles. The van der Waals surface area contributed by atoms with Crippen LogP contribution in [-0.4, -0.2) is 61.4 Å². The van der Waals surface area contributed by atoms with E-state index in [1.807, 2.05) is 12.1 Å². The van der Waals surface area contributed by atoms with E-state index >= 15 is 0 Å². The van der Waals surface area contributed by atoms with Crippen LogP contribution in [0.3, 0.4) is 0 Å². The van der Waals surface area contributed by atoms with Crippen LogP contribution in [0.2, 0.25) is 18.1 Å². The Morgan fingerprint density at radius 1 is 1.11 bits per heavy atom. The average Bonchev–Trinajstić information content (AvgIpc) is 3.34. The molecule has 1 atom stereocenters. The van der Waals surface area contributed by atoms with Crippen LogP contribution < -0.4 is 0 Å². The molecule has 35 heavy (non-hydrogen) atoms. The Morgan fingerprint density at radius 2 is 1.74 bits per heavy atom. The van der Waals surface area contributed by atoms with Gasteiger partial charge in [-0.3, -0.25) is 4.79 Å². The molecule has 1 aromatic heterocycles. The molecule has 0 saturated carbocycles. The zero-order valence-electron chi connectivity index (χ0n) is 21.6. The van der Waals surface area contributed by atoms with E-state index in [2.05, 4.69) is 36.3 Å². The van der Waals surface area contributed by atoms with Gasteiger partial charge in [0.2, 0.25) is 9.84 Å². The van der Waals surface area contributed by atoms with Gasteiger partial charge < -0.3 is 9.16 Å². The van der Waals surface area contributed by atoms with Crippen molar-refractivity contribution in [2.45, 2.75) is 77.4 Å². The minimum absolute atomic E-state index is 0.0976. The van der Waals surface area contributed by atoms with Gasteiger partial charge in [0.1, 0.15) is 6.61 Å². The molecule has 194 valence electrons. The second-order valence-corrected chi connectivity index (χ2v) is 16.2. The Bertz CT molecular complexity index is 1070. The lowest BCUT2D eigenvalue weighted by molar-refractivity contribution is -0.154. The Morgan fingerprint density at radius 3 is 2.31 bits per heavy atom. The summed E-state index contributed by atoms with van der Waals surface area (Å²) < 4.78 is 39.1. The quantitative estimate of drug-likeness (QED) is 0.217. The van der Waals surface area contributed by atoms with E-state index in [1.165, 1.54) is 4.68 Å². The summed E-state index contributed by atoms with van der Waals surface area (Å²) in [5.41, 5.74) is -0.0411. The van der Waals surface area contributed by atoms with Gasteiger partial charge >= 0.3 is 5.97 Å². The number of hydrogen-bond donors (Lipinski definition) is 0. The number of para-hydroxylation sites is 1. The lowest BCUT2D eigenvalue weighted by Crippen LogP contribution is -2.41. The summed E-state index contributed by atoms with van der Waals surface area (Å²) in [6, 6.07) is 11.7. The first-order valence-corrected chi connectivity index (χ1v) is 16.2. The highest BCUT2D eigenvalue weighted by Crippen LogP contribution is 2.25. The minimum atomic E-state index is -3.73. The molecule has 0 amide bonds. The van der Waals surface area contributed by atoms with Crippen LogP contribution in [0.5, 0.6) is 0 Å². The Kier molecular flexibility index (Phi) is 10.3. The van der Waals surface area contributed by atoms with Crippen molar-refractivity contribution < 1.29 is 22.4 Å². The van der Waals surface area contributed by atoms with E-state index in [9.17, 15) is 13.2 Å². The number of carbonyl (C=O) groups excluding carboxylic acids is 1. The average molecular weight is 523 g/mol. The third kappa shape index (κ3) is 8.08. The Labute approximate surface area is 210 Å². The van der Waals surface area contributed by atoms with Gasteiger partial charge in [-0.15, -0.1) is 0 Å². The fourth-order valence-electron chi connectivity index (χ4n) is 3.49. The number of tetrazole rings is 1. The molecule has 1 unspecified atom stereocenters. The number of aromatic nitrogens is 4. The second-order valence-electron chi connectivity index (χ2n) is 9.49. The molecule has 1 aromatic carbocycles. The third-order valence-corrected chi connectivity index (χ3v) is 12.2. The van der Waals surface area contributed by atoms with E-state index in [0.717, 1.165) is 18.1 Å². The number of esters is 1. The number of allylic oxidation sites excluding steroid dienone is 1. The topological polar surface area (TPSA) is 113 Å². The van der Waals surface area contributed by atoms with E-state index in [4.69, 9.17) is 9.16 Å². The SMILES string of the molecule is CC[Si](CC)(CC)OC(/C=C/CCS(=O)(=O)c1nnnn1-c1ccccc1)COC(=O)C(C)(C)C. The normalized spacial score (nSPS) is 13.8. The molecule has 9 nitrogen and oxygen atoms in total. The molecule has 0 radical (unpaired) electrons. The monoisotopic (exact) mass is 522 g/mol. The van der Waals surface area contributed by atoms with E-state index in [-0.39, 0.29) is 29.9 Å². The van der Waals surface area contributed by atoms with Crippen molar-refractivity contribution in [1.29, 1.82) is 0 Å². The van der Waals surface area contributed by atoms with E-state index in [1.54, 1.807) is 51.1 Å². The number of hydrogen-bond acceptors (Lipinski definition) is 8. The molecule has 2 aromatic rings. The highest BCUT2D eigenvalue weighted by Gasteiger charge is 2.32. The van der Waals surface area contributed by atoms with Crippen molar-refractivity contribution in [2.24, 2.45) is 5.41 Å². The fourth-order valence-corrected chi connectivity index (χ4v) is 7.48. The molecule has 0 fully saturated rings. The van der Waals surface area contributed by atoms with Gasteiger partial charge in [-0.05, 0) is 67.9 Å². The smallest absolute Gasteiger partial charge is 0.311 e. The van der Waals surface area contributed by atoms with Crippen LogP contribution >= 0.6 is 0 Å². The van der Waals surface area contributed by atoms with Gasteiger partial charge in [0.15, 0.2) is 8.32 Å². The number of nitrogens with zero attached hydrogens (tertiary/aromatic N) is 4. The zero-order chi connectivity index (χ0) is 26.1. The summed E-state index contributed by atoms with van der Waals surface area (Å²) in [5.74, 6) is -0.463. The largest absolute Gasteiger partial charge is 0.462 e. The van der Waals surface area contributed by atoms with Crippen LogP contribution in [-0.2, 0) is 23.8 Å². The molecule has 1 heterocycles. The molecular weight excluding hydrogens is 484 g/mol. The first-order valence-electron chi connectivity index (χ1n) is 12.1. The molecule has 0 aliphatic rings. The van der Waals surface area contributed by atoms with Crippen molar-refractivity contribution in [3.8, 4) is 5.69 Å². The molecule has 0 spiro atoms. The molecule has 11 heteroatoms. The Hall–Kier alpha value is -2.37. The predicted molar refractivity (Wildman–Crippen MR) is 137 cm³/mol. The summed E-state index contributed by atoms with van der Waals surface area (Å²) in [6.07, 6.45) is 3.40. The summed E-state index contributed by atoms with van der Waals surface area (Å²) >= 11 is 0. The maximum absolute atomic E-state index is 12.9. The van der Waals surface area contributed by atoms with Crippen molar-refractivity contribution in [2.75, 3.05) is 12.4 Å². The summed E-state index contributed by atoms with van der Waals surface area (Å²) in [4.78, 5) is 12.3. The maximum atomic E-state index is 12.9. The summed E-state index contributed by atoms with van der Waals surface area (Å²) in [5, 5.41) is 10.9. The van der Waals surface area contributed by atoms with Crippen molar-refractivity contribution in [3.05, 3.63) is 42.5 Å². The molecule has 0 aliphatic carbocycles. The number of benzene rings is 1. The molecule has 0 bridgehead atoms. The van der Waals surface area contributed by atoms with Crippen LogP contribution in [0, 0.1) is 5.41 Å². The van der Waals surface area contributed by atoms with Gasteiger partial charge in [-0.25, -0.2) is 8.42 Å². The molecule has 2 rings (SSSR count). The second kappa shape index (κ2) is 12.5. The highest BCUT2D eigenvalue weighted by molar-refractivity contribution is 7.91. The fraction of sp³-hybridized carbons (Fsp3) is 0.583. The van der Waals surface area contributed by atoms with Gasteiger partial charge in [0.25, 0.3) is 5.16 Å². The number of carbonyl (C=O) groups is 1. The zero-order valence-corrected chi connectivity index (χ0v) is 23.4. The van der Waals surface area contributed by atoms with Gasteiger partial charge in [-0.2, -0.15) is 4.68 Å². The van der Waals surface area contributed by atoms with Gasteiger partial charge in [-0.1, -0.05) is 56.2 Å². The lowest BCUT2D eigenvalue weighted by Gasteiger charge is -2.32. The standard InChI is InChI=1S/C24H38N4O5SSi/c1-7-35(8-2,9-3)33-21(19-32-22(29)24(4,5)6)17-13-14-18-34(30,31)23-25-26-27-28(23)20-15-11-10-12-16-20/h10-13,15-17,21H,7-9,14,18-19H2,1-6H3/b17-13+. The summed E-state index contributed by atoms with van der Waals surface area (Å²) in [7, 11) is -5.70. The van der Waals surface area contributed by atoms with Crippen LogP contribution in [0.25, 0.3) is 5.69 Å². The summed E-state index contributed by atoms with van der Waals surface area (Å²) in [6.45, 7) is 11.9. The molecule has 0 saturated heterocycles. The number of sulfone groups is 1. The van der Waals surface area contributed by atoms with Crippen molar-refractivity contribution in [3.63, 3.8) is 0 Å².